The number of nitrogens with zero attached hydrogens (tertiary/aromatic N) is 3. The van der Waals surface area contributed by atoms with Gasteiger partial charge in [0, 0.05) is 52.8 Å². The zero-order valence-electron chi connectivity index (χ0n) is 25.8. The maximum atomic E-state index is 14.6. The number of aromatic nitrogens is 5. The van der Waals surface area contributed by atoms with Crippen molar-refractivity contribution in [2.24, 2.45) is 5.92 Å². The van der Waals surface area contributed by atoms with Crippen LogP contribution in [0.2, 0.25) is 0 Å². The van der Waals surface area contributed by atoms with Gasteiger partial charge in [0.15, 0.2) is 0 Å². The van der Waals surface area contributed by atoms with Gasteiger partial charge < -0.3 is 10.3 Å². The van der Waals surface area contributed by atoms with Crippen molar-refractivity contribution < 1.29 is 17.6 Å². The van der Waals surface area contributed by atoms with E-state index in [4.69, 9.17) is 0 Å². The summed E-state index contributed by atoms with van der Waals surface area (Å²) in [4.78, 5) is 25.1. The Labute approximate surface area is 271 Å². The number of benzene rings is 2. The van der Waals surface area contributed by atoms with Crippen molar-refractivity contribution in [3.05, 3.63) is 84.6 Å². The van der Waals surface area contributed by atoms with Crippen LogP contribution in [0.3, 0.4) is 0 Å². The molecule has 0 spiro atoms. The van der Waals surface area contributed by atoms with Crippen LogP contribution in [0, 0.1) is 11.7 Å². The van der Waals surface area contributed by atoms with Gasteiger partial charge in [-0.15, -0.1) is 0 Å². The molecule has 10 nitrogen and oxygen atoms in total. The van der Waals surface area contributed by atoms with Crippen molar-refractivity contribution in [2.75, 3.05) is 11.6 Å². The molecule has 240 valence electrons. The Morgan fingerprint density at radius 3 is 2.57 bits per heavy atom. The van der Waals surface area contributed by atoms with E-state index in [2.05, 4.69) is 35.2 Å². The van der Waals surface area contributed by atoms with E-state index in [0.29, 0.717) is 40.5 Å². The Morgan fingerprint density at radius 1 is 0.915 bits per heavy atom. The van der Waals surface area contributed by atoms with Crippen molar-refractivity contribution in [3.8, 4) is 33.8 Å². The zero-order valence-corrected chi connectivity index (χ0v) is 26.6. The van der Waals surface area contributed by atoms with Crippen LogP contribution in [-0.4, -0.2) is 45.7 Å². The van der Waals surface area contributed by atoms with Gasteiger partial charge in [-0.3, -0.25) is 19.9 Å². The minimum absolute atomic E-state index is 0.0242. The van der Waals surface area contributed by atoms with E-state index in [0.717, 1.165) is 57.7 Å². The topological polar surface area (TPSA) is 146 Å². The second-order valence-corrected chi connectivity index (χ2v) is 14.1. The standard InChI is InChI=1S/C35H34FN7O3S/c1-47(45,46)39-18-22-11-24(14-26(36)12-22)34-29-17-32(41-30(29)9-10-38-34)35-28-16-23(7-8-31(28)42-43-35)25-15-27(20-37-19-25)40-33(44)13-21-5-3-2-4-6-21/h7-12,14-17,19-21,39,41H,2-6,13,18H2,1H3,(H,40,44)(H,42,43). The van der Waals surface area contributed by atoms with Crippen LogP contribution in [-0.2, 0) is 21.4 Å². The van der Waals surface area contributed by atoms with Crippen LogP contribution in [0.1, 0.15) is 44.1 Å². The molecule has 1 fully saturated rings. The molecule has 2 aromatic carbocycles. The molecular formula is C35H34FN7O3S. The molecule has 4 N–H and O–H groups in total. The van der Waals surface area contributed by atoms with Crippen molar-refractivity contribution in [1.82, 2.24) is 29.9 Å². The van der Waals surface area contributed by atoms with Crippen LogP contribution < -0.4 is 10.0 Å². The summed E-state index contributed by atoms with van der Waals surface area (Å²) in [6, 6.07) is 16.1. The van der Waals surface area contributed by atoms with E-state index < -0.39 is 15.8 Å². The average Bonchev–Trinajstić information content (AvgIpc) is 3.68. The van der Waals surface area contributed by atoms with E-state index in [1.807, 2.05) is 36.4 Å². The number of carbonyl (C=O) groups is 1. The average molecular weight is 652 g/mol. The molecule has 1 amide bonds. The van der Waals surface area contributed by atoms with Gasteiger partial charge in [0.05, 0.1) is 35.0 Å². The monoisotopic (exact) mass is 651 g/mol. The molecule has 4 aromatic heterocycles. The number of anilines is 1. The third kappa shape index (κ3) is 6.93. The Hall–Kier alpha value is -4.94. The molecule has 1 saturated carbocycles. The smallest absolute Gasteiger partial charge is 0.224 e. The number of rotatable bonds is 9. The Balaban J connectivity index is 1.18. The second-order valence-electron chi connectivity index (χ2n) is 12.3. The van der Waals surface area contributed by atoms with Gasteiger partial charge in [0.25, 0.3) is 0 Å². The third-order valence-corrected chi connectivity index (χ3v) is 9.36. The van der Waals surface area contributed by atoms with E-state index in [9.17, 15) is 17.6 Å². The predicted molar refractivity (Wildman–Crippen MR) is 181 cm³/mol. The highest BCUT2D eigenvalue weighted by atomic mass is 32.2. The lowest BCUT2D eigenvalue weighted by Crippen LogP contribution is -2.21. The number of pyridine rings is 2. The number of nitrogens with one attached hydrogen (secondary N) is 4. The summed E-state index contributed by atoms with van der Waals surface area (Å²) < 4.78 is 40.2. The molecule has 6 aromatic rings. The second kappa shape index (κ2) is 12.7. The molecule has 4 heterocycles. The lowest BCUT2D eigenvalue weighted by atomic mass is 9.87. The molecule has 0 aliphatic heterocycles. The summed E-state index contributed by atoms with van der Waals surface area (Å²) in [6.45, 7) is -0.0369. The maximum absolute atomic E-state index is 14.6. The largest absolute Gasteiger partial charge is 0.353 e. The molecule has 0 atom stereocenters. The minimum atomic E-state index is -3.44. The number of hydrogen-bond acceptors (Lipinski definition) is 6. The summed E-state index contributed by atoms with van der Waals surface area (Å²) in [6.07, 6.45) is 12.6. The first-order valence-corrected chi connectivity index (χ1v) is 17.5. The number of hydrogen-bond donors (Lipinski definition) is 4. The van der Waals surface area contributed by atoms with Gasteiger partial charge >= 0.3 is 0 Å². The predicted octanol–water partition coefficient (Wildman–Crippen LogP) is 6.93. The Morgan fingerprint density at radius 2 is 1.74 bits per heavy atom. The van der Waals surface area contributed by atoms with Gasteiger partial charge in [-0.1, -0.05) is 25.3 Å². The first-order valence-electron chi connectivity index (χ1n) is 15.6. The van der Waals surface area contributed by atoms with Crippen molar-refractivity contribution in [2.45, 2.75) is 45.1 Å². The van der Waals surface area contributed by atoms with Gasteiger partial charge in [-0.25, -0.2) is 17.5 Å². The summed E-state index contributed by atoms with van der Waals surface area (Å²) >= 11 is 0. The fourth-order valence-electron chi connectivity index (χ4n) is 6.45. The van der Waals surface area contributed by atoms with Gasteiger partial charge in [-0.05, 0) is 78.4 Å². The van der Waals surface area contributed by atoms with Crippen LogP contribution in [0.15, 0.2) is 73.2 Å². The molecule has 0 saturated heterocycles. The number of aromatic amines is 2. The van der Waals surface area contributed by atoms with E-state index in [1.165, 1.54) is 31.4 Å². The Kier molecular flexibility index (Phi) is 8.29. The molecular weight excluding hydrogens is 617 g/mol. The van der Waals surface area contributed by atoms with Gasteiger partial charge in [0.2, 0.25) is 15.9 Å². The molecule has 1 aliphatic carbocycles. The van der Waals surface area contributed by atoms with Crippen LogP contribution in [0.25, 0.3) is 55.6 Å². The normalized spacial score (nSPS) is 14.2. The van der Waals surface area contributed by atoms with Crippen molar-refractivity contribution in [1.29, 1.82) is 0 Å². The fraction of sp³-hybridized carbons (Fsp3) is 0.257. The zero-order chi connectivity index (χ0) is 32.5. The highest BCUT2D eigenvalue weighted by molar-refractivity contribution is 7.88. The summed E-state index contributed by atoms with van der Waals surface area (Å²) in [5, 5.41) is 12.4. The molecule has 7 rings (SSSR count). The van der Waals surface area contributed by atoms with Crippen molar-refractivity contribution in [3.63, 3.8) is 0 Å². The maximum Gasteiger partial charge on any atom is 0.224 e. The number of fused-ring (bicyclic) bond motifs is 2. The highest BCUT2D eigenvalue weighted by Gasteiger charge is 2.19. The summed E-state index contributed by atoms with van der Waals surface area (Å²) in [5.74, 6) is -0.0134. The van der Waals surface area contributed by atoms with E-state index in [1.54, 1.807) is 24.7 Å². The van der Waals surface area contributed by atoms with Crippen LogP contribution in [0.5, 0.6) is 0 Å². The molecule has 0 unspecified atom stereocenters. The van der Waals surface area contributed by atoms with Crippen LogP contribution >= 0.6 is 0 Å². The molecule has 0 radical (unpaired) electrons. The fourth-order valence-corrected chi connectivity index (χ4v) is 6.87. The van der Waals surface area contributed by atoms with E-state index >= 15 is 0 Å². The number of carbonyl (C=O) groups excluding carboxylic acids is 1. The lowest BCUT2D eigenvalue weighted by Gasteiger charge is -2.20. The molecule has 0 bridgehead atoms. The van der Waals surface area contributed by atoms with Crippen LogP contribution in [0.4, 0.5) is 10.1 Å². The minimum Gasteiger partial charge on any atom is -0.353 e. The molecule has 1 aliphatic rings. The first-order chi connectivity index (χ1) is 22.7. The van der Waals surface area contributed by atoms with Gasteiger partial charge in [-0.2, -0.15) is 5.10 Å². The highest BCUT2D eigenvalue weighted by Crippen LogP contribution is 2.35. The van der Waals surface area contributed by atoms with Gasteiger partial charge in [0.1, 0.15) is 11.5 Å². The summed E-state index contributed by atoms with van der Waals surface area (Å²) in [5.41, 5.74) is 7.10. The third-order valence-electron chi connectivity index (χ3n) is 8.69. The lowest BCUT2D eigenvalue weighted by molar-refractivity contribution is -0.117. The molecule has 12 heteroatoms. The van der Waals surface area contributed by atoms with E-state index in [-0.39, 0.29) is 12.5 Å². The number of halogens is 1. The first kappa shape index (κ1) is 30.7. The number of sulfonamides is 1. The Bertz CT molecular complexity index is 2220. The SMILES string of the molecule is CS(=O)(=O)NCc1cc(F)cc(-c2nccc3[nH]c(-c4n[nH]c5ccc(-c6cncc(NC(=O)CC7CCCCC7)c6)cc45)cc23)c1. The quantitative estimate of drug-likeness (QED) is 0.133. The van der Waals surface area contributed by atoms with Crippen molar-refractivity contribution >= 4 is 43.4 Å². The summed E-state index contributed by atoms with van der Waals surface area (Å²) in [7, 11) is -3.44. The number of amides is 1. The molecule has 47 heavy (non-hydrogen) atoms. The number of H-pyrrole nitrogens is 2.